The first-order chi connectivity index (χ1) is 10.2. The summed E-state index contributed by atoms with van der Waals surface area (Å²) in [5, 5.41) is 3.39. The molecule has 1 fully saturated rings. The van der Waals surface area contributed by atoms with Gasteiger partial charge in [-0.05, 0) is 59.0 Å². The van der Waals surface area contributed by atoms with E-state index in [0.29, 0.717) is 5.41 Å². The molecule has 1 saturated heterocycles. The van der Waals surface area contributed by atoms with Crippen LogP contribution in [-0.4, -0.2) is 75.9 Å². The maximum Gasteiger partial charge on any atom is 0.0546 e. The molecule has 1 aliphatic rings. The monoisotopic (exact) mass is 299 g/mol. The van der Waals surface area contributed by atoms with Gasteiger partial charge in [0.05, 0.1) is 6.61 Å². The highest BCUT2D eigenvalue weighted by atomic mass is 16.5. The van der Waals surface area contributed by atoms with E-state index in [4.69, 9.17) is 4.74 Å². The molecule has 0 amide bonds. The van der Waals surface area contributed by atoms with Crippen molar-refractivity contribution in [2.24, 2.45) is 5.41 Å². The highest BCUT2D eigenvalue weighted by molar-refractivity contribution is 4.86. The van der Waals surface area contributed by atoms with E-state index < -0.39 is 0 Å². The Balaban J connectivity index is 2.42. The van der Waals surface area contributed by atoms with Crippen LogP contribution in [-0.2, 0) is 4.74 Å². The standard InChI is InChI=1S/C17H37N3O/c1-5-19(6-2)11-9-12-20(7-3)15-17(14-18-4)10-8-13-21-16-17/h18H,5-16H2,1-4H3. The molecule has 1 atom stereocenters. The first-order valence-electron chi connectivity index (χ1n) is 8.86. The summed E-state index contributed by atoms with van der Waals surface area (Å²) in [5.41, 5.74) is 0.318. The molecule has 0 aromatic rings. The van der Waals surface area contributed by atoms with Gasteiger partial charge in [-0.15, -0.1) is 0 Å². The van der Waals surface area contributed by atoms with Crippen LogP contribution in [0.15, 0.2) is 0 Å². The van der Waals surface area contributed by atoms with Gasteiger partial charge >= 0.3 is 0 Å². The van der Waals surface area contributed by atoms with E-state index in [0.717, 1.165) is 26.3 Å². The van der Waals surface area contributed by atoms with Gasteiger partial charge in [0.15, 0.2) is 0 Å². The van der Waals surface area contributed by atoms with E-state index in [-0.39, 0.29) is 0 Å². The summed E-state index contributed by atoms with van der Waals surface area (Å²) < 4.78 is 5.79. The predicted octanol–water partition coefficient (Wildman–Crippen LogP) is 2.06. The molecule has 0 aromatic carbocycles. The average molecular weight is 300 g/mol. The summed E-state index contributed by atoms with van der Waals surface area (Å²) in [6, 6.07) is 0. The summed E-state index contributed by atoms with van der Waals surface area (Å²) >= 11 is 0. The van der Waals surface area contributed by atoms with Crippen LogP contribution in [0, 0.1) is 5.41 Å². The van der Waals surface area contributed by atoms with Crippen molar-refractivity contribution in [3.05, 3.63) is 0 Å². The van der Waals surface area contributed by atoms with Crippen molar-refractivity contribution in [1.29, 1.82) is 0 Å². The van der Waals surface area contributed by atoms with Crippen molar-refractivity contribution in [3.63, 3.8) is 0 Å². The van der Waals surface area contributed by atoms with E-state index in [1.54, 1.807) is 0 Å². The van der Waals surface area contributed by atoms with Gasteiger partial charge in [-0.2, -0.15) is 0 Å². The normalized spacial score (nSPS) is 23.1. The average Bonchev–Trinajstić information content (AvgIpc) is 2.51. The summed E-state index contributed by atoms with van der Waals surface area (Å²) in [7, 11) is 2.06. The molecule has 126 valence electrons. The Hall–Kier alpha value is -0.160. The van der Waals surface area contributed by atoms with Crippen LogP contribution >= 0.6 is 0 Å². The van der Waals surface area contributed by atoms with E-state index >= 15 is 0 Å². The van der Waals surface area contributed by atoms with E-state index in [1.165, 1.54) is 52.0 Å². The number of hydrogen-bond donors (Lipinski definition) is 1. The first kappa shape index (κ1) is 18.9. The Morgan fingerprint density at radius 2 is 1.71 bits per heavy atom. The van der Waals surface area contributed by atoms with Crippen LogP contribution in [0.25, 0.3) is 0 Å². The molecule has 1 aliphatic heterocycles. The van der Waals surface area contributed by atoms with Gasteiger partial charge in [-0.25, -0.2) is 0 Å². The number of ether oxygens (including phenoxy) is 1. The van der Waals surface area contributed by atoms with Crippen LogP contribution in [0.3, 0.4) is 0 Å². The molecule has 0 spiro atoms. The van der Waals surface area contributed by atoms with Crippen molar-refractivity contribution in [2.45, 2.75) is 40.0 Å². The summed E-state index contributed by atoms with van der Waals surface area (Å²) in [6.45, 7) is 16.8. The molecule has 1 rings (SSSR count). The maximum absolute atomic E-state index is 5.79. The highest BCUT2D eigenvalue weighted by Crippen LogP contribution is 2.29. The molecule has 0 bridgehead atoms. The van der Waals surface area contributed by atoms with Crippen molar-refractivity contribution in [3.8, 4) is 0 Å². The van der Waals surface area contributed by atoms with Gasteiger partial charge in [0, 0.05) is 25.1 Å². The fourth-order valence-corrected chi connectivity index (χ4v) is 3.49. The van der Waals surface area contributed by atoms with Gasteiger partial charge in [-0.1, -0.05) is 20.8 Å². The van der Waals surface area contributed by atoms with Crippen molar-refractivity contribution < 1.29 is 4.74 Å². The van der Waals surface area contributed by atoms with Gasteiger partial charge in [0.2, 0.25) is 0 Å². The van der Waals surface area contributed by atoms with E-state index in [1.807, 2.05) is 0 Å². The Morgan fingerprint density at radius 1 is 1.05 bits per heavy atom. The lowest BCUT2D eigenvalue weighted by atomic mass is 9.81. The highest BCUT2D eigenvalue weighted by Gasteiger charge is 2.33. The van der Waals surface area contributed by atoms with Crippen LogP contribution < -0.4 is 5.32 Å². The van der Waals surface area contributed by atoms with Crippen LogP contribution in [0.4, 0.5) is 0 Å². The second kappa shape index (κ2) is 10.5. The molecule has 21 heavy (non-hydrogen) atoms. The number of nitrogens with one attached hydrogen (secondary N) is 1. The molecule has 0 aliphatic carbocycles. The zero-order chi connectivity index (χ0) is 15.6. The van der Waals surface area contributed by atoms with Crippen molar-refractivity contribution in [1.82, 2.24) is 15.1 Å². The van der Waals surface area contributed by atoms with E-state index in [9.17, 15) is 0 Å². The van der Waals surface area contributed by atoms with Gasteiger partial charge < -0.3 is 19.9 Å². The minimum Gasteiger partial charge on any atom is -0.381 e. The smallest absolute Gasteiger partial charge is 0.0546 e. The van der Waals surface area contributed by atoms with Crippen LogP contribution in [0.1, 0.15) is 40.0 Å². The molecule has 1 N–H and O–H groups in total. The topological polar surface area (TPSA) is 27.7 Å². The first-order valence-corrected chi connectivity index (χ1v) is 8.86. The third kappa shape index (κ3) is 6.64. The lowest BCUT2D eigenvalue weighted by Gasteiger charge is -2.40. The quantitative estimate of drug-likeness (QED) is 0.632. The Morgan fingerprint density at radius 3 is 2.24 bits per heavy atom. The van der Waals surface area contributed by atoms with Gasteiger partial charge in [-0.3, -0.25) is 0 Å². The van der Waals surface area contributed by atoms with Crippen LogP contribution in [0.2, 0.25) is 0 Å². The minimum absolute atomic E-state index is 0.318. The third-order valence-corrected chi connectivity index (χ3v) is 4.81. The summed E-state index contributed by atoms with van der Waals surface area (Å²) in [5.74, 6) is 0. The molecule has 4 heteroatoms. The minimum atomic E-state index is 0.318. The van der Waals surface area contributed by atoms with Crippen LogP contribution in [0.5, 0.6) is 0 Å². The number of hydrogen-bond acceptors (Lipinski definition) is 4. The fraction of sp³-hybridized carbons (Fsp3) is 1.00. The molecule has 0 saturated carbocycles. The molecular formula is C17H37N3O. The van der Waals surface area contributed by atoms with Crippen molar-refractivity contribution in [2.75, 3.05) is 66.1 Å². The predicted molar refractivity (Wildman–Crippen MR) is 90.9 cm³/mol. The fourth-order valence-electron chi connectivity index (χ4n) is 3.49. The molecule has 4 nitrogen and oxygen atoms in total. The zero-order valence-electron chi connectivity index (χ0n) is 14.8. The van der Waals surface area contributed by atoms with E-state index in [2.05, 4.69) is 42.9 Å². The lowest BCUT2D eigenvalue weighted by Crippen LogP contribution is -2.48. The summed E-state index contributed by atoms with van der Waals surface area (Å²) in [4.78, 5) is 5.14. The van der Waals surface area contributed by atoms with Gasteiger partial charge in [0.25, 0.3) is 0 Å². The lowest BCUT2D eigenvalue weighted by molar-refractivity contribution is -0.0250. The Bertz CT molecular complexity index is 245. The largest absolute Gasteiger partial charge is 0.381 e. The number of rotatable bonds is 11. The second-order valence-electron chi connectivity index (χ2n) is 6.44. The second-order valence-corrected chi connectivity index (χ2v) is 6.44. The Labute approximate surface area is 132 Å². The molecular weight excluding hydrogens is 262 g/mol. The van der Waals surface area contributed by atoms with Crippen molar-refractivity contribution >= 4 is 0 Å². The number of nitrogens with zero attached hydrogens (tertiary/aromatic N) is 2. The molecule has 0 aromatic heterocycles. The zero-order valence-corrected chi connectivity index (χ0v) is 14.8. The molecule has 0 radical (unpaired) electrons. The Kier molecular flexibility index (Phi) is 9.49. The molecule has 1 unspecified atom stereocenters. The SMILES string of the molecule is CCN(CC)CCCN(CC)CC1(CNC)CCCOC1. The third-order valence-electron chi connectivity index (χ3n) is 4.81. The maximum atomic E-state index is 5.79. The van der Waals surface area contributed by atoms with Gasteiger partial charge in [0.1, 0.15) is 0 Å². The molecule has 1 heterocycles. The summed E-state index contributed by atoms with van der Waals surface area (Å²) in [6.07, 6.45) is 3.77.